The quantitative estimate of drug-likeness (QED) is 0.714. The van der Waals surface area contributed by atoms with E-state index in [9.17, 15) is 0 Å². The Morgan fingerprint density at radius 2 is 1.35 bits per heavy atom. The van der Waals surface area contributed by atoms with Crippen LogP contribution in [0, 0.1) is 5.41 Å². The maximum absolute atomic E-state index is 6.10. The van der Waals surface area contributed by atoms with Crippen LogP contribution < -0.4 is 4.74 Å². The molecule has 0 heterocycles. The average molecular weight is 234 g/mol. The molecule has 0 saturated carbocycles. The molecule has 0 aliphatic carbocycles. The molecule has 0 amide bonds. The van der Waals surface area contributed by atoms with Crippen molar-refractivity contribution in [1.82, 2.24) is 0 Å². The molecule has 17 heavy (non-hydrogen) atoms. The van der Waals surface area contributed by atoms with Gasteiger partial charge in [-0.2, -0.15) is 0 Å². The fraction of sp³-hybridized carbons (Fsp3) is 0.625. The zero-order chi connectivity index (χ0) is 13.3. The summed E-state index contributed by atoms with van der Waals surface area (Å²) < 4.78 is 6.10. The summed E-state index contributed by atoms with van der Waals surface area (Å²) in [7, 11) is 0. The standard InChI is InChI=1S/C16H26O/c1-12(2)13-8-10-14(11-9-13)17-16(6,7)15(3,4)5/h8-12H,1-7H3. The molecule has 0 atom stereocenters. The Morgan fingerprint density at radius 3 is 1.71 bits per heavy atom. The van der Waals surface area contributed by atoms with Crippen molar-refractivity contribution in [3.8, 4) is 5.75 Å². The number of ether oxygens (including phenoxy) is 1. The second-order valence-corrected chi connectivity index (χ2v) is 6.59. The molecule has 0 N–H and O–H groups in total. The highest BCUT2D eigenvalue weighted by Gasteiger charge is 2.34. The smallest absolute Gasteiger partial charge is 0.120 e. The van der Waals surface area contributed by atoms with Crippen LogP contribution in [0.2, 0.25) is 0 Å². The van der Waals surface area contributed by atoms with Gasteiger partial charge in [-0.25, -0.2) is 0 Å². The molecule has 0 spiro atoms. The molecule has 0 bridgehead atoms. The summed E-state index contributed by atoms with van der Waals surface area (Å²) in [6.07, 6.45) is 0. The van der Waals surface area contributed by atoms with Crippen LogP contribution in [0.3, 0.4) is 0 Å². The molecule has 0 saturated heterocycles. The number of rotatable bonds is 3. The Kier molecular flexibility index (Phi) is 3.91. The SMILES string of the molecule is CC(C)c1ccc(OC(C)(C)C(C)(C)C)cc1. The molecule has 0 aliphatic heterocycles. The zero-order valence-electron chi connectivity index (χ0n) is 12.3. The molecule has 1 aromatic carbocycles. The number of hydrogen-bond donors (Lipinski definition) is 0. The van der Waals surface area contributed by atoms with E-state index in [0.717, 1.165) is 5.75 Å². The summed E-state index contributed by atoms with van der Waals surface area (Å²) in [6.45, 7) is 15.3. The van der Waals surface area contributed by atoms with E-state index in [2.05, 4.69) is 72.7 Å². The third kappa shape index (κ3) is 3.49. The Balaban J connectivity index is 2.83. The summed E-state index contributed by atoms with van der Waals surface area (Å²) in [4.78, 5) is 0. The first-order valence-corrected chi connectivity index (χ1v) is 6.42. The van der Waals surface area contributed by atoms with E-state index in [1.54, 1.807) is 0 Å². The fourth-order valence-electron chi connectivity index (χ4n) is 1.37. The Bertz CT molecular complexity index is 352. The first-order valence-electron chi connectivity index (χ1n) is 6.42. The van der Waals surface area contributed by atoms with Crippen LogP contribution in [0.1, 0.15) is 59.9 Å². The largest absolute Gasteiger partial charge is 0.487 e. The van der Waals surface area contributed by atoms with Crippen molar-refractivity contribution in [2.75, 3.05) is 0 Å². The summed E-state index contributed by atoms with van der Waals surface area (Å²) >= 11 is 0. The Labute approximate surface area is 106 Å². The van der Waals surface area contributed by atoms with Crippen LogP contribution in [0.5, 0.6) is 5.75 Å². The van der Waals surface area contributed by atoms with Gasteiger partial charge in [-0.05, 0) is 37.5 Å². The molecule has 0 fully saturated rings. The predicted molar refractivity (Wildman–Crippen MR) is 74.7 cm³/mol. The highest BCUT2D eigenvalue weighted by atomic mass is 16.5. The lowest BCUT2D eigenvalue weighted by Crippen LogP contribution is -2.42. The summed E-state index contributed by atoms with van der Waals surface area (Å²) in [5, 5.41) is 0. The van der Waals surface area contributed by atoms with Crippen LogP contribution in [0.25, 0.3) is 0 Å². The second kappa shape index (κ2) is 4.72. The predicted octanol–water partition coefficient (Wildman–Crippen LogP) is 5.01. The molecule has 1 nitrogen and oxygen atoms in total. The van der Waals surface area contributed by atoms with Crippen LogP contribution in [-0.4, -0.2) is 5.60 Å². The van der Waals surface area contributed by atoms with Gasteiger partial charge in [0.1, 0.15) is 11.4 Å². The first-order chi connectivity index (χ1) is 7.63. The van der Waals surface area contributed by atoms with Crippen molar-refractivity contribution in [3.05, 3.63) is 29.8 Å². The molecule has 96 valence electrons. The third-order valence-electron chi connectivity index (χ3n) is 3.73. The van der Waals surface area contributed by atoms with Gasteiger partial charge < -0.3 is 4.74 Å². The van der Waals surface area contributed by atoms with Crippen molar-refractivity contribution in [2.45, 2.75) is 60.0 Å². The monoisotopic (exact) mass is 234 g/mol. The van der Waals surface area contributed by atoms with E-state index in [1.807, 2.05) is 0 Å². The topological polar surface area (TPSA) is 9.23 Å². The Morgan fingerprint density at radius 1 is 0.882 bits per heavy atom. The minimum Gasteiger partial charge on any atom is -0.487 e. The van der Waals surface area contributed by atoms with Crippen LogP contribution in [0.4, 0.5) is 0 Å². The van der Waals surface area contributed by atoms with Crippen molar-refractivity contribution < 1.29 is 4.74 Å². The molecule has 0 aliphatic rings. The van der Waals surface area contributed by atoms with Gasteiger partial charge in [0.25, 0.3) is 0 Å². The maximum Gasteiger partial charge on any atom is 0.120 e. The molecule has 0 unspecified atom stereocenters. The van der Waals surface area contributed by atoms with Crippen LogP contribution >= 0.6 is 0 Å². The van der Waals surface area contributed by atoms with Crippen molar-refractivity contribution in [3.63, 3.8) is 0 Å². The van der Waals surface area contributed by atoms with Gasteiger partial charge in [0.15, 0.2) is 0 Å². The molecule has 1 rings (SSSR count). The normalized spacial score (nSPS) is 12.9. The van der Waals surface area contributed by atoms with Crippen molar-refractivity contribution in [1.29, 1.82) is 0 Å². The van der Waals surface area contributed by atoms with E-state index in [1.165, 1.54) is 5.56 Å². The molecular weight excluding hydrogens is 208 g/mol. The molecule has 1 aromatic rings. The van der Waals surface area contributed by atoms with Gasteiger partial charge >= 0.3 is 0 Å². The van der Waals surface area contributed by atoms with Crippen molar-refractivity contribution >= 4 is 0 Å². The highest BCUT2D eigenvalue weighted by Crippen LogP contribution is 2.34. The van der Waals surface area contributed by atoms with E-state index < -0.39 is 0 Å². The fourth-order valence-corrected chi connectivity index (χ4v) is 1.37. The Hall–Kier alpha value is -0.980. The van der Waals surface area contributed by atoms with E-state index in [0.29, 0.717) is 5.92 Å². The van der Waals surface area contributed by atoms with Gasteiger partial charge in [0.05, 0.1) is 0 Å². The third-order valence-corrected chi connectivity index (χ3v) is 3.73. The first kappa shape index (κ1) is 14.1. The molecule has 0 radical (unpaired) electrons. The number of benzene rings is 1. The van der Waals surface area contributed by atoms with E-state index >= 15 is 0 Å². The minimum atomic E-state index is -0.174. The van der Waals surface area contributed by atoms with E-state index in [4.69, 9.17) is 4.74 Å². The van der Waals surface area contributed by atoms with Gasteiger partial charge in [-0.1, -0.05) is 46.8 Å². The highest BCUT2D eigenvalue weighted by molar-refractivity contribution is 5.29. The number of hydrogen-bond acceptors (Lipinski definition) is 1. The molecule has 0 aromatic heterocycles. The lowest BCUT2D eigenvalue weighted by Gasteiger charge is -2.39. The second-order valence-electron chi connectivity index (χ2n) is 6.59. The zero-order valence-corrected chi connectivity index (χ0v) is 12.3. The molecular formula is C16H26O. The summed E-state index contributed by atoms with van der Waals surface area (Å²) in [5.74, 6) is 1.52. The maximum atomic E-state index is 6.10. The van der Waals surface area contributed by atoms with Gasteiger partial charge in [0.2, 0.25) is 0 Å². The minimum absolute atomic E-state index is 0.115. The van der Waals surface area contributed by atoms with Crippen molar-refractivity contribution in [2.24, 2.45) is 5.41 Å². The van der Waals surface area contributed by atoms with E-state index in [-0.39, 0.29) is 11.0 Å². The molecule has 1 heteroatoms. The lowest BCUT2D eigenvalue weighted by atomic mass is 9.79. The van der Waals surface area contributed by atoms with Gasteiger partial charge in [0, 0.05) is 5.41 Å². The van der Waals surface area contributed by atoms with Crippen LogP contribution in [-0.2, 0) is 0 Å². The summed E-state index contributed by atoms with van der Waals surface area (Å²) in [5.41, 5.74) is 1.29. The van der Waals surface area contributed by atoms with Gasteiger partial charge in [-0.3, -0.25) is 0 Å². The van der Waals surface area contributed by atoms with Crippen LogP contribution in [0.15, 0.2) is 24.3 Å². The lowest BCUT2D eigenvalue weighted by molar-refractivity contribution is 0.000797. The summed E-state index contributed by atoms with van der Waals surface area (Å²) in [6, 6.07) is 8.45. The van der Waals surface area contributed by atoms with Gasteiger partial charge in [-0.15, -0.1) is 0 Å². The average Bonchev–Trinajstić information content (AvgIpc) is 2.16.